The molecular weight excluding hydrogens is 212 g/mol. The third-order valence-electron chi connectivity index (χ3n) is 4.70. The van der Waals surface area contributed by atoms with Crippen molar-refractivity contribution >= 4 is 5.91 Å². The summed E-state index contributed by atoms with van der Waals surface area (Å²) in [4.78, 5) is 14.4. The highest BCUT2D eigenvalue weighted by molar-refractivity contribution is 5.79. The van der Waals surface area contributed by atoms with Crippen LogP contribution < -0.4 is 5.32 Å². The first-order valence-electron chi connectivity index (χ1n) is 7.19. The van der Waals surface area contributed by atoms with Crippen LogP contribution in [0.4, 0.5) is 0 Å². The summed E-state index contributed by atoms with van der Waals surface area (Å²) in [7, 11) is 1.99. The minimum absolute atomic E-state index is 0.309. The van der Waals surface area contributed by atoms with Crippen LogP contribution in [0, 0.1) is 11.8 Å². The fraction of sp³-hybridized carbons (Fsp3) is 0.929. The fourth-order valence-electron chi connectivity index (χ4n) is 3.26. The largest absolute Gasteiger partial charge is 0.341 e. The van der Waals surface area contributed by atoms with Gasteiger partial charge in [0, 0.05) is 25.6 Å². The van der Waals surface area contributed by atoms with Crippen LogP contribution in [0.25, 0.3) is 0 Å². The molecular formula is C14H26N2O. The maximum Gasteiger partial charge on any atom is 0.225 e. The predicted molar refractivity (Wildman–Crippen MR) is 69.8 cm³/mol. The van der Waals surface area contributed by atoms with Gasteiger partial charge < -0.3 is 10.2 Å². The molecule has 0 bridgehead atoms. The first kappa shape index (κ1) is 12.9. The summed E-state index contributed by atoms with van der Waals surface area (Å²) in [6, 6.07) is 0.436. The molecule has 1 saturated heterocycles. The Morgan fingerprint density at radius 2 is 1.94 bits per heavy atom. The molecule has 2 fully saturated rings. The van der Waals surface area contributed by atoms with Crippen LogP contribution in [0.5, 0.6) is 0 Å². The van der Waals surface area contributed by atoms with E-state index in [1.165, 1.54) is 19.3 Å². The van der Waals surface area contributed by atoms with E-state index in [0.717, 1.165) is 38.3 Å². The lowest BCUT2D eigenvalue weighted by atomic mass is 9.80. The van der Waals surface area contributed by atoms with E-state index in [-0.39, 0.29) is 0 Å². The molecule has 1 aliphatic carbocycles. The zero-order chi connectivity index (χ0) is 12.3. The van der Waals surface area contributed by atoms with Crippen molar-refractivity contribution in [1.29, 1.82) is 0 Å². The standard InChI is InChI=1S/C14H26N2O/c1-3-11-4-6-12(7-5-11)14(17)16(2)13-8-9-15-10-13/h11-13,15H,3-10H2,1-2H3. The first-order valence-corrected chi connectivity index (χ1v) is 7.19. The maximum absolute atomic E-state index is 12.4. The van der Waals surface area contributed by atoms with Gasteiger partial charge >= 0.3 is 0 Å². The lowest BCUT2D eigenvalue weighted by molar-refractivity contribution is -0.137. The van der Waals surface area contributed by atoms with Gasteiger partial charge in [0.25, 0.3) is 0 Å². The quantitative estimate of drug-likeness (QED) is 0.816. The van der Waals surface area contributed by atoms with Crippen LogP contribution in [0.1, 0.15) is 45.4 Å². The van der Waals surface area contributed by atoms with Crippen LogP contribution in [0.3, 0.4) is 0 Å². The van der Waals surface area contributed by atoms with Crippen molar-refractivity contribution in [3.8, 4) is 0 Å². The Hall–Kier alpha value is -0.570. The second kappa shape index (κ2) is 5.85. The van der Waals surface area contributed by atoms with Gasteiger partial charge in [0.2, 0.25) is 5.91 Å². The molecule has 1 N–H and O–H groups in total. The Kier molecular flexibility index (Phi) is 4.43. The molecule has 3 nitrogen and oxygen atoms in total. The second-order valence-corrected chi connectivity index (χ2v) is 5.72. The molecule has 17 heavy (non-hydrogen) atoms. The predicted octanol–water partition coefficient (Wildman–Crippen LogP) is 2.02. The van der Waals surface area contributed by atoms with Gasteiger partial charge in [0.05, 0.1) is 0 Å². The van der Waals surface area contributed by atoms with Crippen molar-refractivity contribution in [3.63, 3.8) is 0 Å². The highest BCUT2D eigenvalue weighted by atomic mass is 16.2. The molecule has 3 heteroatoms. The molecule has 1 atom stereocenters. The molecule has 0 aromatic rings. The third kappa shape index (κ3) is 3.01. The number of nitrogens with one attached hydrogen (secondary N) is 1. The Morgan fingerprint density at radius 3 is 2.47 bits per heavy atom. The van der Waals surface area contributed by atoms with E-state index in [9.17, 15) is 4.79 Å². The average molecular weight is 238 g/mol. The smallest absolute Gasteiger partial charge is 0.225 e. The number of hydrogen-bond donors (Lipinski definition) is 1. The van der Waals surface area contributed by atoms with Gasteiger partial charge in [-0.3, -0.25) is 4.79 Å². The van der Waals surface area contributed by atoms with E-state index >= 15 is 0 Å². The Morgan fingerprint density at radius 1 is 1.24 bits per heavy atom. The van der Waals surface area contributed by atoms with Gasteiger partial charge in [0.15, 0.2) is 0 Å². The molecule has 1 unspecified atom stereocenters. The Bertz CT molecular complexity index is 253. The van der Waals surface area contributed by atoms with E-state index < -0.39 is 0 Å². The monoisotopic (exact) mass is 238 g/mol. The summed E-state index contributed by atoms with van der Waals surface area (Å²) in [5.41, 5.74) is 0. The Labute approximate surface area is 105 Å². The van der Waals surface area contributed by atoms with Crippen LogP contribution in [0.15, 0.2) is 0 Å². The normalized spacial score (nSPS) is 33.6. The van der Waals surface area contributed by atoms with Gasteiger partial charge in [-0.15, -0.1) is 0 Å². The second-order valence-electron chi connectivity index (χ2n) is 5.72. The van der Waals surface area contributed by atoms with Gasteiger partial charge in [-0.05, 0) is 44.6 Å². The molecule has 1 amide bonds. The van der Waals surface area contributed by atoms with Gasteiger partial charge in [-0.25, -0.2) is 0 Å². The molecule has 0 spiro atoms. The van der Waals surface area contributed by atoms with Crippen molar-refractivity contribution in [2.75, 3.05) is 20.1 Å². The van der Waals surface area contributed by atoms with E-state index in [1.807, 2.05) is 11.9 Å². The summed E-state index contributed by atoms with van der Waals surface area (Å²) < 4.78 is 0. The lowest BCUT2D eigenvalue weighted by Crippen LogP contribution is -2.42. The van der Waals surface area contributed by atoms with Gasteiger partial charge in [-0.2, -0.15) is 0 Å². The number of hydrogen-bond acceptors (Lipinski definition) is 2. The van der Waals surface area contributed by atoms with E-state index in [4.69, 9.17) is 0 Å². The SMILES string of the molecule is CCC1CCC(C(=O)N(C)C2CCNC2)CC1. The number of likely N-dealkylation sites (N-methyl/N-ethyl adjacent to an activating group) is 1. The van der Waals surface area contributed by atoms with Gasteiger partial charge in [0.1, 0.15) is 0 Å². The molecule has 0 aromatic heterocycles. The molecule has 2 aliphatic rings. The highest BCUT2D eigenvalue weighted by Crippen LogP contribution is 2.32. The fourth-order valence-corrected chi connectivity index (χ4v) is 3.26. The number of amides is 1. The highest BCUT2D eigenvalue weighted by Gasteiger charge is 2.31. The van der Waals surface area contributed by atoms with Crippen molar-refractivity contribution in [3.05, 3.63) is 0 Å². The van der Waals surface area contributed by atoms with E-state index in [0.29, 0.717) is 17.9 Å². The number of rotatable bonds is 3. The van der Waals surface area contributed by atoms with Crippen LogP contribution in [-0.4, -0.2) is 37.0 Å². The minimum atomic E-state index is 0.309. The molecule has 1 aliphatic heterocycles. The number of nitrogens with zero attached hydrogens (tertiary/aromatic N) is 1. The summed E-state index contributed by atoms with van der Waals surface area (Å²) in [5.74, 6) is 1.58. The summed E-state index contributed by atoms with van der Waals surface area (Å²) in [6.45, 7) is 4.31. The minimum Gasteiger partial charge on any atom is -0.341 e. The number of carbonyl (C=O) groups is 1. The zero-order valence-corrected chi connectivity index (χ0v) is 11.2. The summed E-state index contributed by atoms with van der Waals surface area (Å²) >= 11 is 0. The van der Waals surface area contributed by atoms with Crippen molar-refractivity contribution < 1.29 is 4.79 Å². The average Bonchev–Trinajstić information content (AvgIpc) is 2.91. The molecule has 1 saturated carbocycles. The van der Waals surface area contributed by atoms with Crippen molar-refractivity contribution in [1.82, 2.24) is 10.2 Å². The van der Waals surface area contributed by atoms with Crippen molar-refractivity contribution in [2.45, 2.75) is 51.5 Å². The van der Waals surface area contributed by atoms with Crippen LogP contribution in [-0.2, 0) is 4.79 Å². The van der Waals surface area contributed by atoms with Crippen LogP contribution in [0.2, 0.25) is 0 Å². The lowest BCUT2D eigenvalue weighted by Gasteiger charge is -2.32. The summed E-state index contributed by atoms with van der Waals surface area (Å²) in [6.07, 6.45) is 7.13. The number of carbonyl (C=O) groups excluding carboxylic acids is 1. The molecule has 0 aromatic carbocycles. The molecule has 98 valence electrons. The van der Waals surface area contributed by atoms with E-state index in [1.54, 1.807) is 0 Å². The molecule has 1 heterocycles. The van der Waals surface area contributed by atoms with E-state index in [2.05, 4.69) is 12.2 Å². The molecule has 2 rings (SSSR count). The van der Waals surface area contributed by atoms with Gasteiger partial charge in [-0.1, -0.05) is 13.3 Å². The molecule has 0 radical (unpaired) electrons. The Balaban J connectivity index is 1.83. The topological polar surface area (TPSA) is 32.3 Å². The van der Waals surface area contributed by atoms with Crippen molar-refractivity contribution in [2.24, 2.45) is 11.8 Å². The third-order valence-corrected chi connectivity index (χ3v) is 4.70. The zero-order valence-electron chi connectivity index (χ0n) is 11.2. The van der Waals surface area contributed by atoms with Crippen LogP contribution >= 0.6 is 0 Å². The summed E-state index contributed by atoms with van der Waals surface area (Å²) in [5, 5.41) is 3.33. The first-order chi connectivity index (χ1) is 8.22. The maximum atomic E-state index is 12.4.